The standard InChI is InChI=1S/C13H16N2O2S/c16-12(10-6-3-7-18-10)14-15-13(17)11-8-4-1-2-5-9(8)11/h3,6-9,11H,1-2,4-5H2,(H,14,16)(H,15,17)/t8-,9-/m1/s1. The lowest BCUT2D eigenvalue weighted by atomic mass is 10.0. The van der Waals surface area contributed by atoms with Gasteiger partial charge in [0.2, 0.25) is 5.91 Å². The maximum Gasteiger partial charge on any atom is 0.279 e. The molecule has 2 fully saturated rings. The summed E-state index contributed by atoms with van der Waals surface area (Å²) in [6.07, 6.45) is 4.82. The van der Waals surface area contributed by atoms with Gasteiger partial charge in [-0.1, -0.05) is 18.9 Å². The van der Waals surface area contributed by atoms with Crippen molar-refractivity contribution in [1.82, 2.24) is 10.9 Å². The van der Waals surface area contributed by atoms with Gasteiger partial charge in [0.1, 0.15) is 0 Å². The highest BCUT2D eigenvalue weighted by molar-refractivity contribution is 7.12. The molecule has 0 radical (unpaired) electrons. The number of carbonyl (C=O) groups excluding carboxylic acids is 2. The molecule has 2 N–H and O–H groups in total. The van der Waals surface area contributed by atoms with Crippen molar-refractivity contribution in [3.63, 3.8) is 0 Å². The van der Waals surface area contributed by atoms with Crippen LogP contribution in [0.15, 0.2) is 17.5 Å². The first-order chi connectivity index (χ1) is 8.77. The minimum Gasteiger partial charge on any atom is -0.273 e. The number of hydrazine groups is 1. The van der Waals surface area contributed by atoms with Crippen LogP contribution in [0.1, 0.15) is 35.4 Å². The van der Waals surface area contributed by atoms with Crippen LogP contribution in [0.2, 0.25) is 0 Å². The summed E-state index contributed by atoms with van der Waals surface area (Å²) in [5, 5.41) is 1.84. The molecule has 0 spiro atoms. The van der Waals surface area contributed by atoms with Gasteiger partial charge in [-0.3, -0.25) is 20.4 Å². The van der Waals surface area contributed by atoms with Crippen molar-refractivity contribution in [3.05, 3.63) is 22.4 Å². The lowest BCUT2D eigenvalue weighted by molar-refractivity contribution is -0.123. The molecule has 0 aliphatic heterocycles. The van der Waals surface area contributed by atoms with Gasteiger partial charge in [0.25, 0.3) is 5.91 Å². The summed E-state index contributed by atoms with van der Waals surface area (Å²) < 4.78 is 0. The molecule has 0 saturated heterocycles. The van der Waals surface area contributed by atoms with Crippen molar-refractivity contribution in [2.45, 2.75) is 25.7 Å². The maximum absolute atomic E-state index is 11.9. The second-order valence-electron chi connectivity index (χ2n) is 5.06. The van der Waals surface area contributed by atoms with Gasteiger partial charge in [-0.15, -0.1) is 11.3 Å². The van der Waals surface area contributed by atoms with E-state index in [1.807, 2.05) is 11.4 Å². The normalized spacial score (nSPS) is 29.2. The molecule has 1 aromatic heterocycles. The monoisotopic (exact) mass is 264 g/mol. The average molecular weight is 264 g/mol. The molecule has 0 bridgehead atoms. The highest BCUT2D eigenvalue weighted by Gasteiger charge is 2.54. The van der Waals surface area contributed by atoms with Crippen molar-refractivity contribution >= 4 is 23.2 Å². The van der Waals surface area contributed by atoms with Gasteiger partial charge in [0.05, 0.1) is 4.88 Å². The molecular formula is C13H16N2O2S. The maximum atomic E-state index is 11.9. The summed E-state index contributed by atoms with van der Waals surface area (Å²) in [5.74, 6) is 1.02. The molecule has 1 heterocycles. The summed E-state index contributed by atoms with van der Waals surface area (Å²) in [7, 11) is 0. The van der Waals surface area contributed by atoms with Crippen LogP contribution in [0.25, 0.3) is 0 Å². The van der Waals surface area contributed by atoms with Gasteiger partial charge in [0.15, 0.2) is 0 Å². The largest absolute Gasteiger partial charge is 0.279 e. The van der Waals surface area contributed by atoms with E-state index in [1.54, 1.807) is 6.07 Å². The number of hydrogen-bond acceptors (Lipinski definition) is 3. The Morgan fingerprint density at radius 3 is 2.50 bits per heavy atom. The van der Waals surface area contributed by atoms with Gasteiger partial charge < -0.3 is 0 Å². The van der Waals surface area contributed by atoms with Crippen molar-refractivity contribution < 1.29 is 9.59 Å². The summed E-state index contributed by atoms with van der Waals surface area (Å²) >= 11 is 1.36. The van der Waals surface area contributed by atoms with E-state index < -0.39 is 0 Å². The Hall–Kier alpha value is -1.36. The number of carbonyl (C=O) groups is 2. The van der Waals surface area contributed by atoms with E-state index in [-0.39, 0.29) is 17.7 Å². The van der Waals surface area contributed by atoms with E-state index in [2.05, 4.69) is 10.9 Å². The SMILES string of the molecule is O=C(NNC(=O)C1[C@@H]2CCCC[C@@H]12)c1cccs1. The Bertz CT molecular complexity index is 446. The Morgan fingerprint density at radius 2 is 1.89 bits per heavy atom. The van der Waals surface area contributed by atoms with Crippen molar-refractivity contribution in [1.29, 1.82) is 0 Å². The molecule has 1 aromatic rings. The fourth-order valence-electron chi connectivity index (χ4n) is 3.05. The van der Waals surface area contributed by atoms with Crippen LogP contribution in [-0.2, 0) is 4.79 Å². The van der Waals surface area contributed by atoms with Crippen LogP contribution in [0.3, 0.4) is 0 Å². The first-order valence-corrected chi connectivity index (χ1v) is 7.29. The highest BCUT2D eigenvalue weighted by atomic mass is 32.1. The number of fused-ring (bicyclic) bond motifs is 1. The molecule has 3 rings (SSSR count). The third-order valence-electron chi connectivity index (χ3n) is 4.00. The zero-order chi connectivity index (χ0) is 12.5. The Labute approximate surface area is 110 Å². The van der Waals surface area contributed by atoms with E-state index in [4.69, 9.17) is 0 Å². The van der Waals surface area contributed by atoms with Crippen LogP contribution in [0.5, 0.6) is 0 Å². The molecule has 2 aliphatic rings. The smallest absolute Gasteiger partial charge is 0.273 e. The lowest BCUT2D eigenvalue weighted by Crippen LogP contribution is -2.42. The van der Waals surface area contributed by atoms with Crippen LogP contribution in [0, 0.1) is 17.8 Å². The van der Waals surface area contributed by atoms with Crippen molar-refractivity contribution in [2.24, 2.45) is 17.8 Å². The van der Waals surface area contributed by atoms with Gasteiger partial charge in [-0.2, -0.15) is 0 Å². The molecule has 0 aromatic carbocycles. The molecule has 96 valence electrons. The second kappa shape index (κ2) is 4.72. The van der Waals surface area contributed by atoms with E-state index >= 15 is 0 Å². The minimum atomic E-state index is -0.234. The Balaban J connectivity index is 1.49. The molecule has 2 amide bonds. The number of thiophene rings is 1. The summed E-state index contributed by atoms with van der Waals surface area (Å²) in [5.41, 5.74) is 5.05. The number of amides is 2. The minimum absolute atomic E-state index is 0.0168. The highest BCUT2D eigenvalue weighted by Crippen LogP contribution is 2.55. The Kier molecular flexibility index (Phi) is 3.07. The van der Waals surface area contributed by atoms with E-state index in [1.165, 1.54) is 37.0 Å². The zero-order valence-electron chi connectivity index (χ0n) is 10.0. The average Bonchev–Trinajstić information content (AvgIpc) is 2.85. The van der Waals surface area contributed by atoms with Crippen molar-refractivity contribution in [3.8, 4) is 0 Å². The predicted molar refractivity (Wildman–Crippen MR) is 68.9 cm³/mol. The molecule has 2 saturated carbocycles. The fraction of sp³-hybridized carbons (Fsp3) is 0.538. The quantitative estimate of drug-likeness (QED) is 0.802. The van der Waals surface area contributed by atoms with Crippen LogP contribution >= 0.6 is 11.3 Å². The molecule has 4 nitrogen and oxygen atoms in total. The summed E-state index contributed by atoms with van der Waals surface area (Å²) in [6.45, 7) is 0. The molecule has 2 atom stereocenters. The predicted octanol–water partition coefficient (Wildman–Crippen LogP) is 1.95. The lowest BCUT2D eigenvalue weighted by Gasteiger charge is -2.05. The third-order valence-corrected chi connectivity index (χ3v) is 4.87. The topological polar surface area (TPSA) is 58.2 Å². The molecule has 2 aliphatic carbocycles. The molecular weight excluding hydrogens is 248 g/mol. The summed E-state index contributed by atoms with van der Waals surface area (Å²) in [6, 6.07) is 3.56. The Morgan fingerprint density at radius 1 is 1.17 bits per heavy atom. The van der Waals surface area contributed by atoms with Gasteiger partial charge >= 0.3 is 0 Å². The summed E-state index contributed by atoms with van der Waals surface area (Å²) in [4.78, 5) is 24.2. The van der Waals surface area contributed by atoms with E-state index in [0.29, 0.717) is 16.7 Å². The van der Waals surface area contributed by atoms with Gasteiger partial charge in [-0.25, -0.2) is 0 Å². The van der Waals surface area contributed by atoms with Crippen LogP contribution < -0.4 is 10.9 Å². The number of nitrogens with one attached hydrogen (secondary N) is 2. The molecule has 18 heavy (non-hydrogen) atoms. The number of hydrogen-bond donors (Lipinski definition) is 2. The molecule has 0 unspecified atom stereocenters. The molecule has 5 heteroatoms. The van der Waals surface area contributed by atoms with Crippen LogP contribution in [-0.4, -0.2) is 11.8 Å². The first kappa shape index (κ1) is 11.7. The van der Waals surface area contributed by atoms with Gasteiger partial charge in [-0.05, 0) is 36.1 Å². The first-order valence-electron chi connectivity index (χ1n) is 6.41. The van der Waals surface area contributed by atoms with E-state index in [9.17, 15) is 9.59 Å². The zero-order valence-corrected chi connectivity index (χ0v) is 10.8. The van der Waals surface area contributed by atoms with Crippen LogP contribution in [0.4, 0.5) is 0 Å². The third kappa shape index (κ3) is 2.14. The fourth-order valence-corrected chi connectivity index (χ4v) is 3.67. The van der Waals surface area contributed by atoms with Crippen molar-refractivity contribution in [2.75, 3.05) is 0 Å². The second-order valence-corrected chi connectivity index (χ2v) is 6.01. The van der Waals surface area contributed by atoms with Gasteiger partial charge in [0, 0.05) is 5.92 Å². The van der Waals surface area contributed by atoms with E-state index in [0.717, 1.165) is 0 Å². The number of rotatable bonds is 2.